The number of rotatable bonds is 8. The van der Waals surface area contributed by atoms with E-state index in [1.54, 1.807) is 25.1 Å². The van der Waals surface area contributed by atoms with Gasteiger partial charge in [0, 0.05) is 51.3 Å². The largest absolute Gasteiger partial charge is 0.494 e. The molecule has 2 heterocycles. The maximum absolute atomic E-state index is 14.2. The van der Waals surface area contributed by atoms with Crippen LogP contribution in [-0.4, -0.2) is 59.9 Å². The average molecular weight is 453 g/mol. The first-order valence-corrected chi connectivity index (χ1v) is 10.9. The van der Waals surface area contributed by atoms with Crippen LogP contribution in [0.4, 0.5) is 4.39 Å². The summed E-state index contributed by atoms with van der Waals surface area (Å²) in [5.41, 5.74) is 4.51. The van der Waals surface area contributed by atoms with Crippen molar-refractivity contribution in [3.05, 3.63) is 76.9 Å². The van der Waals surface area contributed by atoms with Crippen LogP contribution in [0.2, 0.25) is 0 Å². The number of hydrogen-bond acceptors (Lipinski definition) is 5. The van der Waals surface area contributed by atoms with E-state index in [4.69, 9.17) is 14.6 Å². The number of nitrogens with zero attached hydrogens (tertiary/aromatic N) is 4. The highest BCUT2D eigenvalue weighted by atomic mass is 19.1. The number of fused-ring (bicyclic) bond motifs is 1. The Balaban J connectivity index is 1.68. The Labute approximate surface area is 193 Å². The molecule has 0 saturated carbocycles. The highest BCUT2D eigenvalue weighted by Gasteiger charge is 2.28. The Morgan fingerprint density at radius 3 is 2.67 bits per heavy atom. The molecular weight excluding hydrogens is 423 g/mol. The molecule has 33 heavy (non-hydrogen) atoms. The predicted octanol–water partition coefficient (Wildman–Crippen LogP) is 3.18. The van der Waals surface area contributed by atoms with Crippen LogP contribution < -0.4 is 4.74 Å². The molecule has 0 fully saturated rings. The molecule has 3 aromatic rings. The van der Waals surface area contributed by atoms with E-state index in [0.29, 0.717) is 25.2 Å². The Morgan fingerprint density at radius 1 is 1.15 bits per heavy atom. The number of halogens is 1. The van der Waals surface area contributed by atoms with E-state index >= 15 is 0 Å². The van der Waals surface area contributed by atoms with Crippen molar-refractivity contribution in [2.75, 3.05) is 34.4 Å². The van der Waals surface area contributed by atoms with Crippen LogP contribution in [0.25, 0.3) is 5.69 Å². The van der Waals surface area contributed by atoms with E-state index in [1.807, 2.05) is 41.1 Å². The maximum Gasteiger partial charge on any atom is 0.248 e. The lowest BCUT2D eigenvalue weighted by molar-refractivity contribution is -0.134. The average Bonchev–Trinajstić information content (AvgIpc) is 3.18. The number of likely N-dealkylation sites (N-methyl/N-ethyl adjacent to an activating group) is 1. The molecule has 1 amide bonds. The highest BCUT2D eigenvalue weighted by molar-refractivity contribution is 5.77. The van der Waals surface area contributed by atoms with Crippen molar-refractivity contribution in [3.63, 3.8) is 0 Å². The summed E-state index contributed by atoms with van der Waals surface area (Å²) in [5, 5.41) is 4.91. The van der Waals surface area contributed by atoms with Gasteiger partial charge in [-0.15, -0.1) is 0 Å². The summed E-state index contributed by atoms with van der Waals surface area (Å²) in [6, 6.07) is 14.6. The van der Waals surface area contributed by atoms with Crippen molar-refractivity contribution in [3.8, 4) is 11.4 Å². The van der Waals surface area contributed by atoms with Gasteiger partial charge in [-0.3, -0.25) is 9.69 Å². The molecule has 0 unspecified atom stereocenters. The number of carbonyl (C=O) groups is 1. The summed E-state index contributed by atoms with van der Waals surface area (Å²) >= 11 is 0. The van der Waals surface area contributed by atoms with Crippen molar-refractivity contribution < 1.29 is 18.7 Å². The van der Waals surface area contributed by atoms with Crippen LogP contribution in [0.5, 0.6) is 5.75 Å². The highest BCUT2D eigenvalue weighted by Crippen LogP contribution is 2.30. The molecule has 0 saturated heterocycles. The molecule has 1 aliphatic heterocycles. The van der Waals surface area contributed by atoms with Gasteiger partial charge in [0.15, 0.2) is 0 Å². The van der Waals surface area contributed by atoms with E-state index in [2.05, 4.69) is 4.90 Å². The van der Waals surface area contributed by atoms with Crippen LogP contribution in [0.15, 0.2) is 48.5 Å². The van der Waals surface area contributed by atoms with Crippen LogP contribution >= 0.6 is 0 Å². The number of ether oxygens (including phenoxy) is 2. The van der Waals surface area contributed by atoms with Gasteiger partial charge in [-0.2, -0.15) is 5.10 Å². The molecule has 0 atom stereocenters. The number of aromatic nitrogens is 2. The zero-order valence-electron chi connectivity index (χ0n) is 19.3. The van der Waals surface area contributed by atoms with Gasteiger partial charge < -0.3 is 14.4 Å². The lowest BCUT2D eigenvalue weighted by Gasteiger charge is -2.28. The Kier molecular flexibility index (Phi) is 7.05. The lowest BCUT2D eigenvalue weighted by atomic mass is 10.0. The Morgan fingerprint density at radius 2 is 1.91 bits per heavy atom. The van der Waals surface area contributed by atoms with Crippen LogP contribution in [0, 0.1) is 5.82 Å². The smallest absolute Gasteiger partial charge is 0.248 e. The molecule has 4 rings (SSSR count). The number of amides is 1. The van der Waals surface area contributed by atoms with Gasteiger partial charge in [-0.25, -0.2) is 9.07 Å². The molecular formula is C25H29FN4O3. The van der Waals surface area contributed by atoms with Crippen molar-refractivity contribution in [1.82, 2.24) is 19.6 Å². The SMILES string of the molecule is COCC(=O)N(C)Cc1nn(-c2ccccc2OC)c2c1CN(Cc1ccccc1F)CC2. The first kappa shape index (κ1) is 22.9. The number of para-hydroxylation sites is 2. The van der Waals surface area contributed by atoms with Gasteiger partial charge in [-0.05, 0) is 18.2 Å². The molecule has 8 heteroatoms. The van der Waals surface area contributed by atoms with Crippen molar-refractivity contribution in [2.24, 2.45) is 0 Å². The number of carbonyl (C=O) groups excluding carboxylic acids is 1. The fraction of sp³-hybridized carbons (Fsp3) is 0.360. The summed E-state index contributed by atoms with van der Waals surface area (Å²) in [6.07, 6.45) is 0.755. The summed E-state index contributed by atoms with van der Waals surface area (Å²) in [7, 11) is 4.89. The van der Waals surface area contributed by atoms with Crippen molar-refractivity contribution >= 4 is 5.91 Å². The van der Waals surface area contributed by atoms with Crippen LogP contribution in [-0.2, 0) is 35.6 Å². The second-order valence-electron chi connectivity index (χ2n) is 8.19. The third-order valence-electron chi connectivity index (χ3n) is 5.97. The monoisotopic (exact) mass is 452 g/mol. The molecule has 0 bridgehead atoms. The van der Waals surface area contributed by atoms with Crippen LogP contribution in [0.1, 0.15) is 22.5 Å². The summed E-state index contributed by atoms with van der Waals surface area (Å²) in [6.45, 7) is 2.30. The summed E-state index contributed by atoms with van der Waals surface area (Å²) < 4.78 is 26.7. The number of hydrogen-bond donors (Lipinski definition) is 0. The van der Waals surface area contributed by atoms with Crippen molar-refractivity contribution in [1.29, 1.82) is 0 Å². The maximum atomic E-state index is 14.2. The molecule has 0 aliphatic carbocycles. The Bertz CT molecular complexity index is 1130. The van der Waals surface area contributed by atoms with E-state index < -0.39 is 0 Å². The van der Waals surface area contributed by atoms with E-state index in [-0.39, 0.29) is 18.3 Å². The number of methoxy groups -OCH3 is 2. The second kappa shape index (κ2) is 10.1. The zero-order valence-corrected chi connectivity index (χ0v) is 19.3. The van der Waals surface area contributed by atoms with Crippen LogP contribution in [0.3, 0.4) is 0 Å². The first-order chi connectivity index (χ1) is 16.0. The second-order valence-corrected chi connectivity index (χ2v) is 8.19. The van der Waals surface area contributed by atoms with E-state index in [0.717, 1.165) is 41.4 Å². The minimum atomic E-state index is -0.196. The zero-order chi connectivity index (χ0) is 23.4. The first-order valence-electron chi connectivity index (χ1n) is 10.9. The fourth-order valence-electron chi connectivity index (χ4n) is 4.22. The summed E-state index contributed by atoms with van der Waals surface area (Å²) in [5.74, 6) is 0.419. The van der Waals surface area contributed by atoms with Gasteiger partial charge >= 0.3 is 0 Å². The molecule has 0 radical (unpaired) electrons. The topological polar surface area (TPSA) is 59.8 Å². The molecule has 174 valence electrons. The van der Waals surface area contributed by atoms with E-state index in [9.17, 15) is 9.18 Å². The molecule has 1 aromatic heterocycles. The minimum absolute atomic E-state index is 0.0192. The lowest BCUT2D eigenvalue weighted by Crippen LogP contribution is -2.33. The molecule has 0 N–H and O–H groups in total. The normalized spacial score (nSPS) is 13.6. The van der Waals surface area contributed by atoms with E-state index in [1.165, 1.54) is 13.2 Å². The molecule has 0 spiro atoms. The number of benzene rings is 2. The fourth-order valence-corrected chi connectivity index (χ4v) is 4.22. The van der Waals surface area contributed by atoms with Gasteiger partial charge in [0.1, 0.15) is 23.9 Å². The van der Waals surface area contributed by atoms with Gasteiger partial charge in [0.25, 0.3) is 0 Å². The molecule has 1 aliphatic rings. The van der Waals surface area contributed by atoms with Gasteiger partial charge in [-0.1, -0.05) is 30.3 Å². The third kappa shape index (κ3) is 4.91. The van der Waals surface area contributed by atoms with Gasteiger partial charge in [0.2, 0.25) is 5.91 Å². The quantitative estimate of drug-likeness (QED) is 0.526. The minimum Gasteiger partial charge on any atom is -0.494 e. The predicted molar refractivity (Wildman–Crippen MR) is 123 cm³/mol. The molecule has 7 nitrogen and oxygen atoms in total. The van der Waals surface area contributed by atoms with Gasteiger partial charge in [0.05, 0.1) is 25.0 Å². The standard InChI is InChI=1S/C25H29FN4O3/c1-28(25(31)17-32-2)16-21-19-15-29(14-18-8-4-5-9-20(18)26)13-12-22(19)30(27-21)23-10-6-7-11-24(23)33-3/h4-11H,12-17H2,1-3H3. The summed E-state index contributed by atoms with van der Waals surface area (Å²) in [4.78, 5) is 16.2. The molecule has 2 aromatic carbocycles. The Hall–Kier alpha value is -3.23. The van der Waals surface area contributed by atoms with Crippen molar-refractivity contribution in [2.45, 2.75) is 26.1 Å². The third-order valence-corrected chi connectivity index (χ3v) is 5.97.